The third kappa shape index (κ3) is 9.75. The minimum Gasteiger partial charge on any atom is -0.300 e. The molecular formula is C22H45N. The average Bonchev–Trinajstić information content (AvgIpc) is 2.51. The number of hydrogen-bond donors (Lipinski definition) is 0. The highest BCUT2D eigenvalue weighted by molar-refractivity contribution is 4.84. The normalized spacial score (nSPS) is 18.7. The molecule has 23 heavy (non-hydrogen) atoms. The summed E-state index contributed by atoms with van der Waals surface area (Å²) in [5.74, 6) is 0. The largest absolute Gasteiger partial charge is 0.300 e. The molecule has 0 radical (unpaired) electrons. The summed E-state index contributed by atoms with van der Waals surface area (Å²) < 4.78 is 0. The van der Waals surface area contributed by atoms with E-state index in [1.54, 1.807) is 0 Å². The van der Waals surface area contributed by atoms with Gasteiger partial charge in [0.15, 0.2) is 0 Å². The summed E-state index contributed by atoms with van der Waals surface area (Å²) in [7, 11) is 0. The summed E-state index contributed by atoms with van der Waals surface area (Å²) >= 11 is 0. The van der Waals surface area contributed by atoms with Crippen molar-refractivity contribution >= 4 is 0 Å². The van der Waals surface area contributed by atoms with Gasteiger partial charge in [0, 0.05) is 12.6 Å². The first-order chi connectivity index (χ1) is 11.1. The first-order valence-corrected chi connectivity index (χ1v) is 10.8. The van der Waals surface area contributed by atoms with Gasteiger partial charge in [-0.25, -0.2) is 0 Å². The molecule has 0 aliphatic carbocycles. The topological polar surface area (TPSA) is 3.24 Å². The first kappa shape index (κ1) is 21.0. The summed E-state index contributed by atoms with van der Waals surface area (Å²) in [6.45, 7) is 12.3. The van der Waals surface area contributed by atoms with E-state index in [4.69, 9.17) is 0 Å². The zero-order valence-corrected chi connectivity index (χ0v) is 16.8. The standard InChI is InChI=1S/C22H45N/c1-5-7-9-11-13-16-21(17-14-12-10-8-6-2)23-19-15-18-22(3,4)20-23/h21H,5-20H2,1-4H3. The summed E-state index contributed by atoms with van der Waals surface area (Å²) in [4.78, 5) is 2.86. The maximum atomic E-state index is 2.86. The van der Waals surface area contributed by atoms with Crippen LogP contribution in [-0.4, -0.2) is 24.0 Å². The van der Waals surface area contributed by atoms with Crippen molar-refractivity contribution in [3.8, 4) is 0 Å². The molecule has 0 amide bonds. The van der Waals surface area contributed by atoms with Crippen LogP contribution in [0, 0.1) is 5.41 Å². The molecule has 0 aromatic rings. The van der Waals surface area contributed by atoms with Crippen molar-refractivity contribution in [1.29, 1.82) is 0 Å². The van der Waals surface area contributed by atoms with Crippen molar-refractivity contribution in [3.05, 3.63) is 0 Å². The van der Waals surface area contributed by atoms with Crippen LogP contribution >= 0.6 is 0 Å². The van der Waals surface area contributed by atoms with Crippen LogP contribution in [0.25, 0.3) is 0 Å². The van der Waals surface area contributed by atoms with Gasteiger partial charge in [-0.2, -0.15) is 0 Å². The van der Waals surface area contributed by atoms with Gasteiger partial charge in [0.1, 0.15) is 0 Å². The highest BCUT2D eigenvalue weighted by Gasteiger charge is 2.29. The van der Waals surface area contributed by atoms with Crippen molar-refractivity contribution in [2.75, 3.05) is 13.1 Å². The molecule has 1 saturated heterocycles. The lowest BCUT2D eigenvalue weighted by atomic mass is 9.82. The molecule has 0 atom stereocenters. The van der Waals surface area contributed by atoms with E-state index < -0.39 is 0 Å². The monoisotopic (exact) mass is 323 g/mol. The first-order valence-electron chi connectivity index (χ1n) is 10.8. The predicted molar refractivity (Wildman–Crippen MR) is 105 cm³/mol. The van der Waals surface area contributed by atoms with Gasteiger partial charge in [0.05, 0.1) is 0 Å². The van der Waals surface area contributed by atoms with Crippen molar-refractivity contribution in [1.82, 2.24) is 4.90 Å². The van der Waals surface area contributed by atoms with Crippen LogP contribution in [0.15, 0.2) is 0 Å². The fourth-order valence-electron chi connectivity index (χ4n) is 4.26. The van der Waals surface area contributed by atoms with Gasteiger partial charge in [0.2, 0.25) is 0 Å². The maximum Gasteiger partial charge on any atom is 0.00954 e. The molecule has 1 heteroatoms. The highest BCUT2D eigenvalue weighted by Crippen LogP contribution is 2.31. The lowest BCUT2D eigenvalue weighted by Crippen LogP contribution is -2.45. The van der Waals surface area contributed by atoms with Crippen LogP contribution in [0.2, 0.25) is 0 Å². The lowest BCUT2D eigenvalue weighted by Gasteiger charge is -2.42. The molecule has 1 heterocycles. The Morgan fingerprint density at radius 1 is 0.783 bits per heavy atom. The molecule has 1 aliphatic heterocycles. The molecule has 138 valence electrons. The molecule has 0 spiro atoms. The SMILES string of the molecule is CCCCCCCC(CCCCCCC)N1CCCC(C)(C)C1. The van der Waals surface area contributed by atoms with E-state index in [2.05, 4.69) is 32.6 Å². The Bertz CT molecular complexity index is 257. The summed E-state index contributed by atoms with van der Waals surface area (Å²) in [5, 5.41) is 0. The third-order valence-electron chi connectivity index (χ3n) is 5.73. The molecule has 1 fully saturated rings. The van der Waals surface area contributed by atoms with Crippen LogP contribution in [-0.2, 0) is 0 Å². The Balaban J connectivity index is 2.37. The number of piperidine rings is 1. The van der Waals surface area contributed by atoms with Crippen molar-refractivity contribution in [3.63, 3.8) is 0 Å². The van der Waals surface area contributed by atoms with Gasteiger partial charge in [-0.3, -0.25) is 4.90 Å². The van der Waals surface area contributed by atoms with Gasteiger partial charge < -0.3 is 0 Å². The average molecular weight is 324 g/mol. The van der Waals surface area contributed by atoms with Crippen LogP contribution in [0.5, 0.6) is 0 Å². The summed E-state index contributed by atoms with van der Waals surface area (Å²) in [6, 6.07) is 0.873. The smallest absolute Gasteiger partial charge is 0.00954 e. The van der Waals surface area contributed by atoms with Crippen LogP contribution in [0.1, 0.15) is 118 Å². The Hall–Kier alpha value is -0.0400. The van der Waals surface area contributed by atoms with E-state index >= 15 is 0 Å². The Labute approximate surface area is 147 Å². The summed E-state index contributed by atoms with van der Waals surface area (Å²) in [5.41, 5.74) is 0.543. The second-order valence-corrected chi connectivity index (χ2v) is 8.80. The van der Waals surface area contributed by atoms with Gasteiger partial charge in [-0.05, 0) is 37.6 Å². The molecule has 1 aliphatic rings. The van der Waals surface area contributed by atoms with E-state index in [0.29, 0.717) is 5.41 Å². The second-order valence-electron chi connectivity index (χ2n) is 8.80. The lowest BCUT2D eigenvalue weighted by molar-refractivity contribution is 0.0679. The van der Waals surface area contributed by atoms with Crippen LogP contribution in [0.4, 0.5) is 0 Å². The minimum atomic E-state index is 0.543. The number of nitrogens with zero attached hydrogens (tertiary/aromatic N) is 1. The Morgan fingerprint density at radius 3 is 1.78 bits per heavy atom. The highest BCUT2D eigenvalue weighted by atomic mass is 15.2. The van der Waals surface area contributed by atoms with Gasteiger partial charge in [-0.1, -0.05) is 91.9 Å². The number of rotatable bonds is 13. The van der Waals surface area contributed by atoms with Crippen molar-refractivity contribution < 1.29 is 0 Å². The fourth-order valence-corrected chi connectivity index (χ4v) is 4.26. The summed E-state index contributed by atoms with van der Waals surface area (Å²) in [6.07, 6.45) is 20.0. The van der Waals surface area contributed by atoms with E-state index in [1.807, 2.05) is 0 Å². The molecule has 0 aromatic carbocycles. The molecule has 1 rings (SSSR count). The van der Waals surface area contributed by atoms with E-state index in [1.165, 1.54) is 103 Å². The number of likely N-dealkylation sites (tertiary alicyclic amines) is 1. The molecule has 1 nitrogen and oxygen atoms in total. The molecule has 0 unspecified atom stereocenters. The molecule has 0 N–H and O–H groups in total. The Kier molecular flexibility index (Phi) is 11.3. The molecule has 0 bridgehead atoms. The van der Waals surface area contributed by atoms with E-state index in [0.717, 1.165) is 6.04 Å². The van der Waals surface area contributed by atoms with Crippen molar-refractivity contribution in [2.45, 2.75) is 124 Å². The molecular weight excluding hydrogens is 278 g/mol. The van der Waals surface area contributed by atoms with E-state index in [-0.39, 0.29) is 0 Å². The number of hydrogen-bond acceptors (Lipinski definition) is 1. The van der Waals surface area contributed by atoms with Crippen LogP contribution < -0.4 is 0 Å². The van der Waals surface area contributed by atoms with E-state index in [9.17, 15) is 0 Å². The predicted octanol–water partition coefficient (Wildman–Crippen LogP) is 7.20. The molecule has 0 saturated carbocycles. The fraction of sp³-hybridized carbons (Fsp3) is 1.00. The zero-order chi connectivity index (χ0) is 17.0. The van der Waals surface area contributed by atoms with Gasteiger partial charge >= 0.3 is 0 Å². The van der Waals surface area contributed by atoms with Crippen LogP contribution in [0.3, 0.4) is 0 Å². The van der Waals surface area contributed by atoms with Crippen molar-refractivity contribution in [2.24, 2.45) is 5.41 Å². The minimum absolute atomic E-state index is 0.543. The Morgan fingerprint density at radius 2 is 1.30 bits per heavy atom. The third-order valence-corrected chi connectivity index (χ3v) is 5.73. The molecule has 0 aromatic heterocycles. The zero-order valence-electron chi connectivity index (χ0n) is 16.8. The second kappa shape index (κ2) is 12.3. The van der Waals surface area contributed by atoms with Gasteiger partial charge in [-0.15, -0.1) is 0 Å². The quantitative estimate of drug-likeness (QED) is 0.324. The maximum absolute atomic E-state index is 2.86. The number of unbranched alkanes of at least 4 members (excludes halogenated alkanes) is 8. The van der Waals surface area contributed by atoms with Gasteiger partial charge in [0.25, 0.3) is 0 Å².